The van der Waals surface area contributed by atoms with Crippen LogP contribution in [0.5, 0.6) is 0 Å². The first kappa shape index (κ1) is 16.6. The molecule has 0 saturated carbocycles. The van der Waals surface area contributed by atoms with Crippen molar-refractivity contribution in [3.05, 3.63) is 44.6 Å². The third-order valence-electron chi connectivity index (χ3n) is 3.75. The molecule has 2 aromatic rings. The number of rotatable bonds is 3. The lowest BCUT2D eigenvalue weighted by Gasteiger charge is -2.17. The molecule has 0 saturated heterocycles. The molecule has 1 amide bonds. The smallest absolute Gasteiger partial charge is 0.268 e. The number of carbonyl (C=O) groups excluding carboxylic acids is 1. The molecular formula is C15H15BrN2O3S2. The summed E-state index contributed by atoms with van der Waals surface area (Å²) < 4.78 is 26.5. The van der Waals surface area contributed by atoms with Crippen LogP contribution < -0.4 is 4.90 Å². The van der Waals surface area contributed by atoms with E-state index in [1.54, 1.807) is 29.2 Å². The van der Waals surface area contributed by atoms with Crippen LogP contribution in [-0.4, -0.2) is 39.3 Å². The number of nitrogens with zero attached hydrogens (tertiary/aromatic N) is 2. The quantitative estimate of drug-likeness (QED) is 0.775. The SMILES string of the molecule is CN(C)S(=O)(=O)c1ccc2c(c1)CCN2C(=O)c1ccc(Br)s1. The zero-order valence-corrected chi connectivity index (χ0v) is 15.8. The fraction of sp³-hybridized carbons (Fsp3) is 0.267. The summed E-state index contributed by atoms with van der Waals surface area (Å²) in [4.78, 5) is 15.2. The number of thiophene rings is 1. The summed E-state index contributed by atoms with van der Waals surface area (Å²) in [6, 6.07) is 8.59. The van der Waals surface area contributed by atoms with Gasteiger partial charge < -0.3 is 4.90 Å². The molecule has 1 aromatic carbocycles. The first-order valence-corrected chi connectivity index (χ1v) is 9.98. The van der Waals surface area contributed by atoms with Crippen molar-refractivity contribution >= 4 is 48.9 Å². The molecule has 3 rings (SSSR count). The predicted octanol–water partition coefficient (Wildman–Crippen LogP) is 2.96. The van der Waals surface area contributed by atoms with Crippen molar-refractivity contribution in [2.45, 2.75) is 11.3 Å². The lowest BCUT2D eigenvalue weighted by Crippen LogP contribution is -2.28. The number of hydrogen-bond acceptors (Lipinski definition) is 4. The van der Waals surface area contributed by atoms with Gasteiger partial charge >= 0.3 is 0 Å². The average molecular weight is 415 g/mol. The van der Waals surface area contributed by atoms with Crippen LogP contribution in [0.2, 0.25) is 0 Å². The second kappa shape index (κ2) is 6.01. The van der Waals surface area contributed by atoms with Gasteiger partial charge in [0.2, 0.25) is 10.0 Å². The second-order valence-corrected chi connectivity index (χ2v) is 10.0. The van der Waals surface area contributed by atoms with Gasteiger partial charge in [0.25, 0.3) is 5.91 Å². The van der Waals surface area contributed by atoms with Gasteiger partial charge in [0.15, 0.2) is 0 Å². The first-order valence-electron chi connectivity index (χ1n) is 6.93. The lowest BCUT2D eigenvalue weighted by atomic mass is 10.2. The number of sulfonamides is 1. The molecule has 1 aromatic heterocycles. The van der Waals surface area contributed by atoms with Crippen LogP contribution >= 0.6 is 27.3 Å². The highest BCUT2D eigenvalue weighted by molar-refractivity contribution is 9.11. The van der Waals surface area contributed by atoms with Gasteiger partial charge in [-0.1, -0.05) is 0 Å². The largest absolute Gasteiger partial charge is 0.307 e. The molecule has 122 valence electrons. The number of anilines is 1. The number of amides is 1. The van der Waals surface area contributed by atoms with E-state index < -0.39 is 10.0 Å². The van der Waals surface area contributed by atoms with Gasteiger partial charge in [0.05, 0.1) is 13.6 Å². The lowest BCUT2D eigenvalue weighted by molar-refractivity contribution is 0.0993. The monoisotopic (exact) mass is 414 g/mol. The Morgan fingerprint density at radius 2 is 2.00 bits per heavy atom. The molecular weight excluding hydrogens is 400 g/mol. The van der Waals surface area contributed by atoms with Crippen LogP contribution in [0.3, 0.4) is 0 Å². The zero-order chi connectivity index (χ0) is 16.8. The number of fused-ring (bicyclic) bond motifs is 1. The minimum absolute atomic E-state index is 0.0531. The Bertz CT molecular complexity index is 875. The Balaban J connectivity index is 1.94. The standard InChI is InChI=1S/C15H15BrN2O3S2/c1-17(2)23(20,21)11-3-4-12-10(9-11)7-8-18(12)15(19)13-5-6-14(16)22-13/h3-6,9H,7-8H2,1-2H3. The van der Waals surface area contributed by atoms with Gasteiger partial charge in [-0.2, -0.15) is 0 Å². The Kier molecular flexibility index (Phi) is 4.35. The molecule has 1 aliphatic rings. The van der Waals surface area contributed by atoms with Crippen molar-refractivity contribution in [1.82, 2.24) is 4.31 Å². The summed E-state index contributed by atoms with van der Waals surface area (Å²) in [5, 5.41) is 0. The van der Waals surface area contributed by atoms with Crippen LogP contribution in [0.15, 0.2) is 39.0 Å². The van der Waals surface area contributed by atoms with Crippen molar-refractivity contribution in [2.24, 2.45) is 0 Å². The molecule has 0 fully saturated rings. The Hall–Kier alpha value is -1.22. The van der Waals surface area contributed by atoms with Crippen LogP contribution in [0.25, 0.3) is 0 Å². The fourth-order valence-electron chi connectivity index (χ4n) is 2.52. The van der Waals surface area contributed by atoms with Gasteiger partial charge in [-0.15, -0.1) is 11.3 Å². The summed E-state index contributed by atoms with van der Waals surface area (Å²) in [6.45, 7) is 0.565. The van der Waals surface area contributed by atoms with E-state index >= 15 is 0 Å². The van der Waals surface area contributed by atoms with E-state index in [9.17, 15) is 13.2 Å². The maximum absolute atomic E-state index is 12.6. The maximum atomic E-state index is 12.6. The van der Waals surface area contributed by atoms with Crippen LogP contribution in [0, 0.1) is 0 Å². The molecule has 0 unspecified atom stereocenters. The van der Waals surface area contributed by atoms with Crippen molar-refractivity contribution in [3.63, 3.8) is 0 Å². The number of benzene rings is 1. The molecule has 0 spiro atoms. The molecule has 0 aliphatic carbocycles. The first-order chi connectivity index (χ1) is 10.8. The molecule has 0 atom stereocenters. The molecule has 23 heavy (non-hydrogen) atoms. The molecule has 0 bridgehead atoms. The van der Waals surface area contributed by atoms with Crippen molar-refractivity contribution in [1.29, 1.82) is 0 Å². The normalized spacial score (nSPS) is 14.3. The zero-order valence-electron chi connectivity index (χ0n) is 12.6. The average Bonchev–Trinajstić information content (AvgIpc) is 3.11. The van der Waals surface area contributed by atoms with Crippen LogP contribution in [0.4, 0.5) is 5.69 Å². The summed E-state index contributed by atoms with van der Waals surface area (Å²) in [5.41, 5.74) is 1.68. The van der Waals surface area contributed by atoms with Gasteiger partial charge in [-0.05, 0) is 58.2 Å². The summed E-state index contributed by atoms with van der Waals surface area (Å²) in [7, 11) is -0.445. The topological polar surface area (TPSA) is 57.7 Å². The highest BCUT2D eigenvalue weighted by Gasteiger charge is 2.28. The molecule has 5 nitrogen and oxygen atoms in total. The minimum atomic E-state index is -3.46. The number of carbonyl (C=O) groups is 1. The summed E-state index contributed by atoms with van der Waals surface area (Å²) >= 11 is 4.75. The van der Waals surface area contributed by atoms with E-state index in [-0.39, 0.29) is 10.8 Å². The highest BCUT2D eigenvalue weighted by atomic mass is 79.9. The molecule has 8 heteroatoms. The minimum Gasteiger partial charge on any atom is -0.307 e. The Morgan fingerprint density at radius 1 is 1.26 bits per heavy atom. The molecule has 0 N–H and O–H groups in total. The van der Waals surface area contributed by atoms with Crippen LogP contribution in [0.1, 0.15) is 15.2 Å². The number of hydrogen-bond donors (Lipinski definition) is 0. The number of halogens is 1. The van der Waals surface area contributed by atoms with E-state index in [4.69, 9.17) is 0 Å². The molecule has 0 radical (unpaired) electrons. The predicted molar refractivity (Wildman–Crippen MR) is 94.7 cm³/mol. The van der Waals surface area contributed by atoms with Gasteiger partial charge in [0.1, 0.15) is 0 Å². The van der Waals surface area contributed by atoms with Gasteiger partial charge in [-0.3, -0.25) is 4.79 Å². The van der Waals surface area contributed by atoms with Gasteiger partial charge in [0, 0.05) is 26.3 Å². The van der Waals surface area contributed by atoms with E-state index in [2.05, 4.69) is 15.9 Å². The maximum Gasteiger partial charge on any atom is 0.268 e. The van der Waals surface area contributed by atoms with Crippen molar-refractivity contribution in [3.8, 4) is 0 Å². The van der Waals surface area contributed by atoms with Crippen molar-refractivity contribution < 1.29 is 13.2 Å². The van der Waals surface area contributed by atoms with Gasteiger partial charge in [-0.25, -0.2) is 12.7 Å². The molecule has 2 heterocycles. The third-order valence-corrected chi connectivity index (χ3v) is 7.18. The fourth-order valence-corrected chi connectivity index (χ4v) is 4.81. The Morgan fingerprint density at radius 3 is 2.61 bits per heavy atom. The molecule has 1 aliphatic heterocycles. The highest BCUT2D eigenvalue weighted by Crippen LogP contribution is 2.33. The second-order valence-electron chi connectivity index (χ2n) is 5.39. The Labute approximate surface area is 147 Å². The van der Waals surface area contributed by atoms with E-state index in [0.717, 1.165) is 15.0 Å². The van der Waals surface area contributed by atoms with Crippen LogP contribution in [-0.2, 0) is 16.4 Å². The van der Waals surface area contributed by atoms with E-state index in [1.807, 2.05) is 6.07 Å². The summed E-state index contributed by atoms with van der Waals surface area (Å²) in [5.74, 6) is -0.0531. The summed E-state index contributed by atoms with van der Waals surface area (Å²) in [6.07, 6.45) is 0.657. The third kappa shape index (κ3) is 2.96. The van der Waals surface area contributed by atoms with E-state index in [1.165, 1.54) is 29.7 Å². The van der Waals surface area contributed by atoms with E-state index in [0.29, 0.717) is 17.8 Å². The van der Waals surface area contributed by atoms with Crippen molar-refractivity contribution in [2.75, 3.05) is 25.5 Å².